The number of carbonyl (C=O) groups excluding carboxylic acids is 1. The number of anilines is 1. The van der Waals surface area contributed by atoms with E-state index in [0.717, 1.165) is 25.7 Å². The van der Waals surface area contributed by atoms with Crippen molar-refractivity contribution in [3.05, 3.63) is 29.6 Å². The molecule has 1 aliphatic rings. The van der Waals surface area contributed by atoms with Gasteiger partial charge in [-0.25, -0.2) is 4.39 Å². The summed E-state index contributed by atoms with van der Waals surface area (Å²) in [6, 6.07) is 4.14. The van der Waals surface area contributed by atoms with Gasteiger partial charge in [-0.15, -0.1) is 0 Å². The highest BCUT2D eigenvalue weighted by Gasteiger charge is 2.20. The lowest BCUT2D eigenvalue weighted by Gasteiger charge is -2.20. The quantitative estimate of drug-likeness (QED) is 0.761. The minimum atomic E-state index is -0.492. The molecule has 17 heavy (non-hydrogen) atoms. The van der Waals surface area contributed by atoms with Crippen LogP contribution in [-0.2, 0) is 0 Å². The van der Waals surface area contributed by atoms with E-state index >= 15 is 0 Å². The summed E-state index contributed by atoms with van der Waals surface area (Å²) in [6.07, 6.45) is 4.28. The first-order chi connectivity index (χ1) is 8.18. The van der Waals surface area contributed by atoms with Gasteiger partial charge in [-0.1, -0.05) is 12.8 Å². The first-order valence-electron chi connectivity index (χ1n) is 6.03. The van der Waals surface area contributed by atoms with Gasteiger partial charge in [0.2, 0.25) is 0 Å². The molecule has 1 amide bonds. The second-order valence-corrected chi connectivity index (χ2v) is 4.45. The molecule has 0 aromatic heterocycles. The number of nitrogens with two attached hydrogens (primary N) is 1. The first-order valence-corrected chi connectivity index (χ1v) is 6.03. The molecule has 0 saturated carbocycles. The third kappa shape index (κ3) is 2.75. The molecule has 0 radical (unpaired) electrons. The molecule has 4 heteroatoms. The highest BCUT2D eigenvalue weighted by Crippen LogP contribution is 2.17. The van der Waals surface area contributed by atoms with Crippen molar-refractivity contribution in [3.8, 4) is 0 Å². The molecule has 1 aromatic carbocycles. The maximum atomic E-state index is 13.6. The number of hydrogen-bond donors (Lipinski definition) is 1. The van der Waals surface area contributed by atoms with Crippen LogP contribution in [0.25, 0.3) is 0 Å². The summed E-state index contributed by atoms with van der Waals surface area (Å²) in [7, 11) is 0. The zero-order valence-corrected chi connectivity index (χ0v) is 9.79. The highest BCUT2D eigenvalue weighted by molar-refractivity contribution is 5.95. The maximum Gasteiger partial charge on any atom is 0.256 e. The van der Waals surface area contributed by atoms with Crippen molar-refractivity contribution >= 4 is 11.6 Å². The van der Waals surface area contributed by atoms with Crippen LogP contribution >= 0.6 is 0 Å². The number of benzene rings is 1. The fraction of sp³-hybridized carbons (Fsp3) is 0.462. The smallest absolute Gasteiger partial charge is 0.256 e. The Morgan fingerprint density at radius 2 is 1.82 bits per heavy atom. The van der Waals surface area contributed by atoms with Crippen LogP contribution in [0, 0.1) is 5.82 Å². The second-order valence-electron chi connectivity index (χ2n) is 4.45. The number of amides is 1. The summed E-state index contributed by atoms with van der Waals surface area (Å²) < 4.78 is 13.6. The fourth-order valence-corrected chi connectivity index (χ4v) is 2.15. The standard InChI is InChI=1S/C13H17FN2O/c14-12-6-5-10(15)9-11(12)13(17)16-7-3-1-2-4-8-16/h5-6,9H,1-4,7-8,15H2. The zero-order chi connectivity index (χ0) is 12.3. The van der Waals surface area contributed by atoms with Crippen molar-refractivity contribution in [2.24, 2.45) is 0 Å². The summed E-state index contributed by atoms with van der Waals surface area (Å²) in [5, 5.41) is 0. The number of nitrogen functional groups attached to an aromatic ring is 1. The molecular formula is C13H17FN2O. The lowest BCUT2D eigenvalue weighted by Crippen LogP contribution is -2.32. The zero-order valence-electron chi connectivity index (χ0n) is 9.79. The Hall–Kier alpha value is -1.58. The van der Waals surface area contributed by atoms with Gasteiger partial charge in [-0.05, 0) is 31.0 Å². The molecule has 1 aliphatic heterocycles. The van der Waals surface area contributed by atoms with Crippen LogP contribution in [0.3, 0.4) is 0 Å². The minimum absolute atomic E-state index is 0.0897. The molecule has 92 valence electrons. The van der Waals surface area contributed by atoms with Crippen LogP contribution in [0.15, 0.2) is 18.2 Å². The molecule has 1 aromatic rings. The molecule has 1 heterocycles. The van der Waals surface area contributed by atoms with Crippen molar-refractivity contribution in [3.63, 3.8) is 0 Å². The van der Waals surface area contributed by atoms with E-state index in [1.165, 1.54) is 18.2 Å². The third-order valence-corrected chi connectivity index (χ3v) is 3.11. The molecule has 2 N–H and O–H groups in total. The van der Waals surface area contributed by atoms with Crippen LogP contribution in [0.5, 0.6) is 0 Å². The Labute approximate surface area is 100 Å². The Kier molecular flexibility index (Phi) is 3.61. The van der Waals surface area contributed by atoms with Crippen LogP contribution in [0.4, 0.5) is 10.1 Å². The van der Waals surface area contributed by atoms with Gasteiger partial charge in [-0.3, -0.25) is 4.79 Å². The SMILES string of the molecule is Nc1ccc(F)c(C(=O)N2CCCCCC2)c1. The fourth-order valence-electron chi connectivity index (χ4n) is 2.15. The van der Waals surface area contributed by atoms with Crippen LogP contribution in [0.2, 0.25) is 0 Å². The van der Waals surface area contributed by atoms with Crippen LogP contribution in [0.1, 0.15) is 36.0 Å². The number of rotatable bonds is 1. The first kappa shape index (κ1) is 11.9. The molecule has 0 unspecified atom stereocenters. The van der Waals surface area contributed by atoms with Gasteiger partial charge >= 0.3 is 0 Å². The van der Waals surface area contributed by atoms with Crippen molar-refractivity contribution in [1.29, 1.82) is 0 Å². The van der Waals surface area contributed by atoms with E-state index in [-0.39, 0.29) is 11.5 Å². The van der Waals surface area contributed by atoms with Crippen molar-refractivity contribution < 1.29 is 9.18 Å². The number of halogens is 1. The van der Waals surface area contributed by atoms with E-state index < -0.39 is 5.82 Å². The summed E-state index contributed by atoms with van der Waals surface area (Å²) in [5.41, 5.74) is 6.10. The summed E-state index contributed by atoms with van der Waals surface area (Å²) in [4.78, 5) is 13.9. The Bertz CT molecular complexity index is 412. The van der Waals surface area contributed by atoms with Crippen molar-refractivity contribution in [2.45, 2.75) is 25.7 Å². The Morgan fingerprint density at radius 1 is 1.18 bits per heavy atom. The molecular weight excluding hydrogens is 219 g/mol. The van der Waals surface area contributed by atoms with Crippen molar-refractivity contribution in [2.75, 3.05) is 18.8 Å². The number of hydrogen-bond acceptors (Lipinski definition) is 2. The van der Waals surface area contributed by atoms with E-state index in [1.54, 1.807) is 4.90 Å². The van der Waals surface area contributed by atoms with Gasteiger partial charge in [0.15, 0.2) is 0 Å². The molecule has 0 spiro atoms. The number of nitrogens with zero attached hydrogens (tertiary/aromatic N) is 1. The van der Waals surface area contributed by atoms with E-state index in [2.05, 4.69) is 0 Å². The van der Waals surface area contributed by atoms with E-state index in [1.807, 2.05) is 0 Å². The van der Waals surface area contributed by atoms with Crippen LogP contribution < -0.4 is 5.73 Å². The lowest BCUT2D eigenvalue weighted by molar-refractivity contribution is 0.0757. The Balaban J connectivity index is 2.20. The predicted octanol–water partition coefficient (Wildman–Crippen LogP) is 2.42. The molecule has 1 saturated heterocycles. The average molecular weight is 236 g/mol. The van der Waals surface area contributed by atoms with Crippen LogP contribution in [-0.4, -0.2) is 23.9 Å². The molecule has 0 aliphatic carbocycles. The van der Waals surface area contributed by atoms with E-state index in [9.17, 15) is 9.18 Å². The lowest BCUT2D eigenvalue weighted by atomic mass is 10.1. The normalized spacial score (nSPS) is 16.6. The molecule has 1 fully saturated rings. The molecule has 3 nitrogen and oxygen atoms in total. The second kappa shape index (κ2) is 5.17. The third-order valence-electron chi connectivity index (χ3n) is 3.11. The van der Waals surface area contributed by atoms with Gasteiger partial charge in [0.1, 0.15) is 5.82 Å². The minimum Gasteiger partial charge on any atom is -0.399 e. The maximum absolute atomic E-state index is 13.6. The van der Waals surface area contributed by atoms with Gasteiger partial charge in [0.05, 0.1) is 5.56 Å². The molecule has 0 atom stereocenters. The summed E-state index contributed by atoms with van der Waals surface area (Å²) in [6.45, 7) is 1.43. The van der Waals surface area contributed by atoms with Gasteiger partial charge in [-0.2, -0.15) is 0 Å². The van der Waals surface area contributed by atoms with E-state index in [4.69, 9.17) is 5.73 Å². The predicted molar refractivity (Wildman–Crippen MR) is 65.2 cm³/mol. The van der Waals surface area contributed by atoms with Crippen molar-refractivity contribution in [1.82, 2.24) is 4.90 Å². The molecule has 0 bridgehead atoms. The monoisotopic (exact) mass is 236 g/mol. The number of likely N-dealkylation sites (tertiary alicyclic amines) is 1. The summed E-state index contributed by atoms with van der Waals surface area (Å²) >= 11 is 0. The van der Waals surface area contributed by atoms with Gasteiger partial charge in [0, 0.05) is 18.8 Å². The molecule has 2 rings (SSSR count). The topological polar surface area (TPSA) is 46.3 Å². The number of carbonyl (C=O) groups is 1. The van der Waals surface area contributed by atoms with Gasteiger partial charge < -0.3 is 10.6 Å². The van der Waals surface area contributed by atoms with E-state index in [0.29, 0.717) is 18.8 Å². The average Bonchev–Trinajstić information content (AvgIpc) is 2.60. The largest absolute Gasteiger partial charge is 0.399 e. The Morgan fingerprint density at radius 3 is 2.47 bits per heavy atom. The van der Waals surface area contributed by atoms with Gasteiger partial charge in [0.25, 0.3) is 5.91 Å². The highest BCUT2D eigenvalue weighted by atomic mass is 19.1. The summed E-state index contributed by atoms with van der Waals surface area (Å²) in [5.74, 6) is -0.731.